The van der Waals surface area contributed by atoms with Crippen LogP contribution in [0, 0.1) is 0 Å². The van der Waals surface area contributed by atoms with Crippen molar-refractivity contribution in [2.45, 2.75) is 6.36 Å². The molecule has 0 saturated carbocycles. The van der Waals surface area contributed by atoms with E-state index < -0.39 is 6.36 Å². The molecule has 0 radical (unpaired) electrons. The Morgan fingerprint density at radius 3 is 2.67 bits per heavy atom. The van der Waals surface area contributed by atoms with E-state index in [1.165, 1.54) is 0 Å². The van der Waals surface area contributed by atoms with Crippen LogP contribution in [0.25, 0.3) is 11.0 Å². The second-order valence-electron chi connectivity index (χ2n) is 2.75. The molecule has 0 aliphatic rings. The first-order valence-electron chi connectivity index (χ1n) is 4.00. The number of imidazole rings is 1. The highest BCUT2D eigenvalue weighted by molar-refractivity contribution is 5.76. The van der Waals surface area contributed by atoms with Crippen LogP contribution in [0.5, 0.6) is 0 Å². The molecule has 1 heterocycles. The SMILES string of the molecule is FC(F)(F)ONc1nc2ccccc2[nH]1. The maximum atomic E-state index is 11.7. The number of fused-ring (bicyclic) bond motifs is 1. The maximum absolute atomic E-state index is 11.7. The number of halogens is 3. The van der Waals surface area contributed by atoms with Crippen LogP contribution in [-0.4, -0.2) is 16.3 Å². The summed E-state index contributed by atoms with van der Waals surface area (Å²) in [5, 5.41) is 0. The van der Waals surface area contributed by atoms with Gasteiger partial charge in [0.15, 0.2) is 0 Å². The molecule has 2 rings (SSSR count). The molecule has 1 aromatic heterocycles. The van der Waals surface area contributed by atoms with Crippen molar-refractivity contribution < 1.29 is 18.0 Å². The van der Waals surface area contributed by atoms with Gasteiger partial charge in [0.05, 0.1) is 11.0 Å². The van der Waals surface area contributed by atoms with Gasteiger partial charge in [-0.25, -0.2) is 10.5 Å². The molecule has 1 aromatic carbocycles. The van der Waals surface area contributed by atoms with Crippen molar-refractivity contribution in [3.8, 4) is 0 Å². The molecular formula is C8H6F3N3O. The zero-order valence-electron chi connectivity index (χ0n) is 7.30. The second kappa shape index (κ2) is 3.43. The third kappa shape index (κ3) is 2.38. The number of hydrogen-bond acceptors (Lipinski definition) is 3. The summed E-state index contributed by atoms with van der Waals surface area (Å²) >= 11 is 0. The summed E-state index contributed by atoms with van der Waals surface area (Å²) in [7, 11) is 0. The molecule has 2 aromatic rings. The van der Waals surface area contributed by atoms with E-state index in [1.807, 2.05) is 0 Å². The highest BCUT2D eigenvalue weighted by Crippen LogP contribution is 2.18. The van der Waals surface area contributed by atoms with E-state index in [0.717, 1.165) is 0 Å². The Morgan fingerprint density at radius 1 is 1.27 bits per heavy atom. The van der Waals surface area contributed by atoms with Crippen LogP contribution in [0.15, 0.2) is 24.3 Å². The molecule has 0 unspecified atom stereocenters. The van der Waals surface area contributed by atoms with Gasteiger partial charge < -0.3 is 4.98 Å². The molecule has 7 heteroatoms. The van der Waals surface area contributed by atoms with E-state index in [4.69, 9.17) is 0 Å². The molecule has 4 nitrogen and oxygen atoms in total. The zero-order chi connectivity index (χ0) is 10.9. The third-order valence-corrected chi connectivity index (χ3v) is 1.65. The molecule has 0 bridgehead atoms. The van der Waals surface area contributed by atoms with Crippen molar-refractivity contribution in [2.75, 3.05) is 5.48 Å². The van der Waals surface area contributed by atoms with E-state index in [0.29, 0.717) is 11.0 Å². The first-order valence-corrected chi connectivity index (χ1v) is 4.00. The van der Waals surface area contributed by atoms with E-state index in [9.17, 15) is 13.2 Å². The fourth-order valence-electron chi connectivity index (χ4n) is 1.11. The normalized spacial score (nSPS) is 11.9. The minimum Gasteiger partial charge on any atom is -0.322 e. The average molecular weight is 217 g/mol. The number of alkyl halides is 3. The smallest absolute Gasteiger partial charge is 0.322 e. The van der Waals surface area contributed by atoms with Crippen molar-refractivity contribution in [3.63, 3.8) is 0 Å². The molecule has 15 heavy (non-hydrogen) atoms. The van der Waals surface area contributed by atoms with Crippen LogP contribution in [0.2, 0.25) is 0 Å². The van der Waals surface area contributed by atoms with Crippen molar-refractivity contribution in [1.29, 1.82) is 0 Å². The Balaban J connectivity index is 2.16. The topological polar surface area (TPSA) is 49.9 Å². The quantitative estimate of drug-likeness (QED) is 0.759. The minimum atomic E-state index is -4.74. The summed E-state index contributed by atoms with van der Waals surface area (Å²) in [5.41, 5.74) is 2.87. The molecular weight excluding hydrogens is 211 g/mol. The first kappa shape index (κ1) is 9.78. The highest BCUT2D eigenvalue weighted by atomic mass is 19.4. The highest BCUT2D eigenvalue weighted by Gasteiger charge is 2.30. The lowest BCUT2D eigenvalue weighted by atomic mass is 10.3. The average Bonchev–Trinajstić information content (AvgIpc) is 2.56. The van der Waals surface area contributed by atoms with E-state index in [2.05, 4.69) is 14.8 Å². The predicted octanol–water partition coefficient (Wildman–Crippen LogP) is 2.43. The maximum Gasteiger partial charge on any atom is 0.543 e. The lowest BCUT2D eigenvalue weighted by molar-refractivity contribution is -0.312. The fourth-order valence-corrected chi connectivity index (χ4v) is 1.11. The van der Waals surface area contributed by atoms with Crippen molar-refractivity contribution in [2.24, 2.45) is 0 Å². The number of aromatic nitrogens is 2. The van der Waals surface area contributed by atoms with Gasteiger partial charge in [-0.1, -0.05) is 12.1 Å². The van der Waals surface area contributed by atoms with Crippen LogP contribution in [0.1, 0.15) is 0 Å². The summed E-state index contributed by atoms with van der Waals surface area (Å²) in [6, 6.07) is 6.85. The Bertz CT molecular complexity index is 432. The number of benzene rings is 1. The number of nitrogens with zero attached hydrogens (tertiary/aromatic N) is 1. The van der Waals surface area contributed by atoms with Crippen LogP contribution in [-0.2, 0) is 4.84 Å². The monoisotopic (exact) mass is 217 g/mol. The molecule has 0 spiro atoms. The number of nitrogens with one attached hydrogen (secondary N) is 2. The number of para-hydroxylation sites is 2. The number of rotatable bonds is 2. The lowest BCUT2D eigenvalue weighted by Gasteiger charge is -2.05. The van der Waals surface area contributed by atoms with Gasteiger partial charge in [-0.15, -0.1) is 13.2 Å². The van der Waals surface area contributed by atoms with E-state index in [-0.39, 0.29) is 5.95 Å². The molecule has 0 saturated heterocycles. The lowest BCUT2D eigenvalue weighted by Crippen LogP contribution is -2.18. The summed E-state index contributed by atoms with van der Waals surface area (Å²) in [6.45, 7) is 0. The van der Waals surface area contributed by atoms with Crippen molar-refractivity contribution >= 4 is 17.0 Å². The molecule has 0 aliphatic carbocycles. The van der Waals surface area contributed by atoms with E-state index >= 15 is 0 Å². The Morgan fingerprint density at radius 2 is 2.00 bits per heavy atom. The minimum absolute atomic E-state index is 0.0893. The van der Waals surface area contributed by atoms with Gasteiger partial charge >= 0.3 is 6.36 Å². The summed E-state index contributed by atoms with van der Waals surface area (Å²) < 4.78 is 35.0. The number of aromatic amines is 1. The van der Waals surface area contributed by atoms with Crippen LogP contribution in [0.4, 0.5) is 19.1 Å². The van der Waals surface area contributed by atoms with Crippen molar-refractivity contribution in [1.82, 2.24) is 9.97 Å². The van der Waals surface area contributed by atoms with Crippen LogP contribution in [0.3, 0.4) is 0 Å². The summed E-state index contributed by atoms with van der Waals surface area (Å²) in [5.74, 6) is -0.0893. The van der Waals surface area contributed by atoms with Gasteiger partial charge in [-0.05, 0) is 12.1 Å². The Hall–Kier alpha value is -1.76. The molecule has 0 aliphatic heterocycles. The molecule has 80 valence electrons. The zero-order valence-corrected chi connectivity index (χ0v) is 7.30. The first-order chi connectivity index (χ1) is 7.04. The Labute approximate surface area is 82.0 Å². The molecule has 0 fully saturated rings. The van der Waals surface area contributed by atoms with Gasteiger partial charge in [0.1, 0.15) is 0 Å². The number of hydrogen-bond donors (Lipinski definition) is 2. The third-order valence-electron chi connectivity index (χ3n) is 1.65. The Kier molecular flexibility index (Phi) is 2.24. The van der Waals surface area contributed by atoms with Crippen LogP contribution < -0.4 is 5.48 Å². The van der Waals surface area contributed by atoms with Crippen molar-refractivity contribution in [3.05, 3.63) is 24.3 Å². The largest absolute Gasteiger partial charge is 0.543 e. The van der Waals surface area contributed by atoms with Gasteiger partial charge in [0.25, 0.3) is 0 Å². The van der Waals surface area contributed by atoms with Gasteiger partial charge in [-0.3, -0.25) is 0 Å². The van der Waals surface area contributed by atoms with Gasteiger partial charge in [0.2, 0.25) is 5.95 Å². The number of anilines is 1. The fraction of sp³-hybridized carbons (Fsp3) is 0.125. The van der Waals surface area contributed by atoms with Gasteiger partial charge in [-0.2, -0.15) is 4.84 Å². The molecule has 2 N–H and O–H groups in total. The molecule has 0 amide bonds. The second-order valence-corrected chi connectivity index (χ2v) is 2.75. The van der Waals surface area contributed by atoms with Crippen LogP contribution >= 0.6 is 0 Å². The summed E-state index contributed by atoms with van der Waals surface area (Å²) in [4.78, 5) is 9.85. The molecule has 0 atom stereocenters. The van der Waals surface area contributed by atoms with E-state index in [1.54, 1.807) is 29.7 Å². The predicted molar refractivity (Wildman–Crippen MR) is 46.9 cm³/mol. The van der Waals surface area contributed by atoms with Gasteiger partial charge in [0, 0.05) is 0 Å². The standard InChI is InChI=1S/C8H6F3N3O/c9-8(10,11)15-14-7-12-5-3-1-2-4-6(5)13-7/h1-4H,(H2,12,13,14). The summed E-state index contributed by atoms with van der Waals surface area (Å²) in [6.07, 6.45) is -4.74. The number of H-pyrrole nitrogens is 1.